The summed E-state index contributed by atoms with van der Waals surface area (Å²) in [6, 6.07) is -0.140. The second-order valence-electron chi connectivity index (χ2n) is 6.93. The zero-order chi connectivity index (χ0) is 18.4. The number of hydrogen-bond donors (Lipinski definition) is 3. The summed E-state index contributed by atoms with van der Waals surface area (Å²) in [5, 5.41) is 15.4. The van der Waals surface area contributed by atoms with E-state index in [1.807, 2.05) is 0 Å². The molecule has 2 fully saturated rings. The van der Waals surface area contributed by atoms with Gasteiger partial charge >= 0.3 is 0 Å². The molecule has 26 heavy (non-hydrogen) atoms. The largest absolute Gasteiger partial charge is 0.394 e. The first-order valence-corrected chi connectivity index (χ1v) is 9.28. The topological polar surface area (TPSA) is 113 Å². The second kappa shape index (κ2) is 9.05. The van der Waals surface area contributed by atoms with Gasteiger partial charge in [-0.1, -0.05) is 6.42 Å². The van der Waals surface area contributed by atoms with E-state index >= 15 is 0 Å². The Bertz CT molecular complexity index is 608. The molecule has 2 heterocycles. The van der Waals surface area contributed by atoms with Crippen LogP contribution in [0.3, 0.4) is 0 Å². The van der Waals surface area contributed by atoms with Gasteiger partial charge in [0.15, 0.2) is 0 Å². The lowest BCUT2D eigenvalue weighted by Gasteiger charge is -2.37. The standard InChI is InChI=1S/C18H26N4O4/c23-11-16-14(22-17(24)12-2-1-3-12)5-4-13(26-16)6-7-21-18(25)15-10-19-8-9-20-15/h8-10,12-14,16,23H,1-7,11H2,(H,21,25)(H,22,24)/t13-,14-,16-/m1/s1. The molecule has 3 rings (SSSR count). The molecule has 0 radical (unpaired) electrons. The van der Waals surface area contributed by atoms with Crippen LogP contribution in [0, 0.1) is 5.92 Å². The van der Waals surface area contributed by atoms with Crippen molar-refractivity contribution in [1.29, 1.82) is 0 Å². The van der Waals surface area contributed by atoms with Crippen molar-refractivity contribution in [3.63, 3.8) is 0 Å². The molecule has 1 aromatic heterocycles. The van der Waals surface area contributed by atoms with Crippen LogP contribution in [0.25, 0.3) is 0 Å². The first-order valence-electron chi connectivity index (χ1n) is 9.28. The van der Waals surface area contributed by atoms with Gasteiger partial charge in [-0.25, -0.2) is 4.98 Å². The van der Waals surface area contributed by atoms with E-state index in [0.717, 1.165) is 32.1 Å². The predicted octanol–water partition coefficient (Wildman–Crippen LogP) is 0.421. The summed E-state index contributed by atoms with van der Waals surface area (Å²) < 4.78 is 5.92. The highest BCUT2D eigenvalue weighted by Gasteiger charge is 2.34. The minimum absolute atomic E-state index is 0.0498. The number of aromatic nitrogens is 2. The Labute approximate surface area is 152 Å². The molecule has 0 aromatic carbocycles. The van der Waals surface area contributed by atoms with Gasteiger partial charge in [0, 0.05) is 24.9 Å². The van der Waals surface area contributed by atoms with Crippen LogP contribution in [-0.2, 0) is 9.53 Å². The number of amides is 2. The van der Waals surface area contributed by atoms with E-state index in [-0.39, 0.29) is 42.2 Å². The lowest BCUT2D eigenvalue weighted by atomic mass is 9.84. The van der Waals surface area contributed by atoms with Crippen molar-refractivity contribution >= 4 is 11.8 Å². The average Bonchev–Trinajstić information content (AvgIpc) is 2.62. The van der Waals surface area contributed by atoms with Gasteiger partial charge in [-0.3, -0.25) is 14.6 Å². The Kier molecular flexibility index (Phi) is 6.51. The van der Waals surface area contributed by atoms with Crippen molar-refractivity contribution in [3.8, 4) is 0 Å². The van der Waals surface area contributed by atoms with E-state index in [1.54, 1.807) is 0 Å². The SMILES string of the molecule is O=C(NCC[C@H]1CC[C@@H](NC(=O)C2CCC2)[C@@H](CO)O1)c1cnccn1. The maximum atomic E-state index is 12.1. The number of nitrogens with one attached hydrogen (secondary N) is 2. The predicted molar refractivity (Wildman–Crippen MR) is 93.2 cm³/mol. The van der Waals surface area contributed by atoms with Crippen LogP contribution in [-0.4, -0.2) is 58.3 Å². The lowest BCUT2D eigenvalue weighted by molar-refractivity contribution is -0.134. The Morgan fingerprint density at radius 3 is 2.73 bits per heavy atom. The highest BCUT2D eigenvalue weighted by atomic mass is 16.5. The van der Waals surface area contributed by atoms with E-state index < -0.39 is 6.10 Å². The molecular formula is C18H26N4O4. The van der Waals surface area contributed by atoms with Crippen molar-refractivity contribution in [2.75, 3.05) is 13.2 Å². The minimum Gasteiger partial charge on any atom is -0.394 e. The Morgan fingerprint density at radius 1 is 1.23 bits per heavy atom. The van der Waals surface area contributed by atoms with Crippen LogP contribution in [0.4, 0.5) is 0 Å². The summed E-state index contributed by atoms with van der Waals surface area (Å²) in [7, 11) is 0. The summed E-state index contributed by atoms with van der Waals surface area (Å²) in [6.45, 7) is 0.329. The quantitative estimate of drug-likeness (QED) is 0.648. The first kappa shape index (κ1) is 18.7. The summed E-state index contributed by atoms with van der Waals surface area (Å²) in [5.41, 5.74) is 0.282. The number of aliphatic hydroxyl groups excluding tert-OH is 1. The fourth-order valence-corrected chi connectivity index (χ4v) is 3.33. The molecular weight excluding hydrogens is 336 g/mol. The van der Waals surface area contributed by atoms with E-state index in [9.17, 15) is 14.7 Å². The highest BCUT2D eigenvalue weighted by Crippen LogP contribution is 2.28. The number of hydrogen-bond acceptors (Lipinski definition) is 6. The number of aliphatic hydroxyl groups is 1. The van der Waals surface area contributed by atoms with Crippen LogP contribution in [0.5, 0.6) is 0 Å². The molecule has 2 aliphatic rings. The molecule has 2 amide bonds. The molecule has 3 N–H and O–H groups in total. The molecule has 1 aromatic rings. The van der Waals surface area contributed by atoms with Crippen molar-refractivity contribution in [1.82, 2.24) is 20.6 Å². The maximum Gasteiger partial charge on any atom is 0.271 e. The number of ether oxygens (including phenoxy) is 1. The van der Waals surface area contributed by atoms with Crippen LogP contribution in [0.15, 0.2) is 18.6 Å². The fourth-order valence-electron chi connectivity index (χ4n) is 3.33. The fraction of sp³-hybridized carbons (Fsp3) is 0.667. The molecule has 0 bridgehead atoms. The molecule has 3 atom stereocenters. The highest BCUT2D eigenvalue weighted by molar-refractivity contribution is 5.91. The molecule has 142 valence electrons. The smallest absolute Gasteiger partial charge is 0.271 e. The summed E-state index contributed by atoms with van der Waals surface area (Å²) in [4.78, 5) is 31.9. The Balaban J connectivity index is 1.40. The number of rotatable bonds is 7. The number of carbonyl (C=O) groups is 2. The van der Waals surface area contributed by atoms with Crippen molar-refractivity contribution in [3.05, 3.63) is 24.3 Å². The van der Waals surface area contributed by atoms with E-state index in [1.165, 1.54) is 18.6 Å². The number of carbonyl (C=O) groups excluding carboxylic acids is 2. The first-order chi connectivity index (χ1) is 12.7. The molecule has 0 unspecified atom stereocenters. The van der Waals surface area contributed by atoms with Crippen LogP contribution >= 0.6 is 0 Å². The third-order valence-corrected chi connectivity index (χ3v) is 5.15. The third-order valence-electron chi connectivity index (χ3n) is 5.15. The van der Waals surface area contributed by atoms with Gasteiger partial charge in [0.05, 0.1) is 24.9 Å². The van der Waals surface area contributed by atoms with Gasteiger partial charge in [0.2, 0.25) is 5.91 Å². The summed E-state index contributed by atoms with van der Waals surface area (Å²) in [5.74, 6) is -0.0559. The van der Waals surface area contributed by atoms with Crippen molar-refractivity contribution in [2.45, 2.75) is 56.8 Å². The van der Waals surface area contributed by atoms with Gasteiger partial charge in [0.1, 0.15) is 11.8 Å². The second-order valence-corrected chi connectivity index (χ2v) is 6.93. The lowest BCUT2D eigenvalue weighted by Crippen LogP contribution is -2.53. The zero-order valence-electron chi connectivity index (χ0n) is 14.8. The molecule has 8 nitrogen and oxygen atoms in total. The minimum atomic E-state index is -0.395. The van der Waals surface area contributed by atoms with Gasteiger partial charge in [-0.05, 0) is 32.1 Å². The van der Waals surface area contributed by atoms with E-state index in [2.05, 4.69) is 20.6 Å². The molecule has 0 spiro atoms. The van der Waals surface area contributed by atoms with Crippen LogP contribution in [0.1, 0.15) is 49.0 Å². The van der Waals surface area contributed by atoms with Crippen molar-refractivity contribution in [2.24, 2.45) is 5.92 Å². The Hall–Kier alpha value is -2.06. The van der Waals surface area contributed by atoms with Gasteiger partial charge in [0.25, 0.3) is 5.91 Å². The maximum absolute atomic E-state index is 12.1. The van der Waals surface area contributed by atoms with Crippen LogP contribution in [0.2, 0.25) is 0 Å². The zero-order valence-corrected chi connectivity index (χ0v) is 14.8. The normalized spacial score (nSPS) is 26.0. The van der Waals surface area contributed by atoms with Crippen molar-refractivity contribution < 1.29 is 19.4 Å². The van der Waals surface area contributed by atoms with Crippen LogP contribution < -0.4 is 10.6 Å². The van der Waals surface area contributed by atoms with E-state index in [0.29, 0.717) is 13.0 Å². The average molecular weight is 362 g/mol. The number of nitrogens with zero attached hydrogens (tertiary/aromatic N) is 2. The monoisotopic (exact) mass is 362 g/mol. The molecule has 1 saturated carbocycles. The van der Waals surface area contributed by atoms with E-state index in [4.69, 9.17) is 4.74 Å². The molecule has 8 heteroatoms. The molecule has 1 aliphatic heterocycles. The van der Waals surface area contributed by atoms with Gasteiger partial charge < -0.3 is 20.5 Å². The Morgan fingerprint density at radius 2 is 2.08 bits per heavy atom. The van der Waals surface area contributed by atoms with Gasteiger partial charge in [-0.2, -0.15) is 0 Å². The molecule has 1 saturated heterocycles. The van der Waals surface area contributed by atoms with Gasteiger partial charge in [-0.15, -0.1) is 0 Å². The molecule has 1 aliphatic carbocycles. The third kappa shape index (κ3) is 4.76. The summed E-state index contributed by atoms with van der Waals surface area (Å²) >= 11 is 0. The summed E-state index contributed by atoms with van der Waals surface area (Å²) in [6.07, 6.45) is 9.19.